The Morgan fingerprint density at radius 2 is 0.427 bits per heavy atom. The third-order valence-electron chi connectivity index (χ3n) is 14.2. The molecule has 0 bridgehead atoms. The van der Waals surface area contributed by atoms with Crippen molar-refractivity contribution in [2.75, 3.05) is 28.7 Å². The number of hydrogen-bond donors (Lipinski definition) is 10. The molecule has 0 amide bonds. The minimum absolute atomic E-state index is 0. The van der Waals surface area contributed by atoms with Gasteiger partial charge in [-0.3, -0.25) is 21.3 Å². The van der Waals surface area contributed by atoms with Gasteiger partial charge >= 0.3 is 0 Å². The molecule has 2 aliphatic carbocycles. The van der Waals surface area contributed by atoms with Crippen LogP contribution >= 0.6 is 0 Å². The maximum Gasteiger partial charge on any atom is 0.202 e. The van der Waals surface area contributed by atoms with Crippen molar-refractivity contribution in [2.45, 2.75) is 118 Å². The predicted octanol–water partition coefficient (Wildman–Crippen LogP) is 11.7. The molecule has 0 spiro atoms. The van der Waals surface area contributed by atoms with Gasteiger partial charge in [0.1, 0.15) is 5.69 Å². The molecule has 0 saturated heterocycles. The van der Waals surface area contributed by atoms with Gasteiger partial charge in [0.15, 0.2) is 0 Å². The number of quaternary nitrogens is 1. The second kappa shape index (κ2) is 25.9. The highest BCUT2D eigenvalue weighted by Gasteiger charge is 2.20. The first-order valence-electron chi connectivity index (χ1n) is 24.8. The summed E-state index contributed by atoms with van der Waals surface area (Å²) < 4.78 is 0. The predicted molar refractivity (Wildman–Crippen MR) is 325 cm³/mol. The molecule has 0 atom stereocenters. The molecule has 10 nitrogen and oxygen atoms in total. The molecule has 75 heavy (non-hydrogen) atoms. The molecule has 0 aliphatic heterocycles. The number of allylic oxidation sites excluding steroid dienone is 10. The Hall–Kier alpha value is -7.76. The summed E-state index contributed by atoms with van der Waals surface area (Å²) in [4.78, 5) is 0. The van der Waals surface area contributed by atoms with E-state index in [9.17, 15) is 0 Å². The minimum Gasteiger partial charge on any atom is -0.398 e. The molecule has 0 aromatic heterocycles. The quantitative estimate of drug-likeness (QED) is 0.0466. The fourth-order valence-corrected chi connectivity index (χ4v) is 9.15. The van der Waals surface area contributed by atoms with Gasteiger partial charge in [0.2, 0.25) is 11.4 Å². The lowest BCUT2D eigenvalue weighted by Crippen LogP contribution is -2.42. The van der Waals surface area contributed by atoms with Crippen LogP contribution in [-0.2, 0) is 0 Å². The second-order valence-electron chi connectivity index (χ2n) is 20.3. The number of nitrogens with two attached hydrogens (primary N) is 7. The van der Waals surface area contributed by atoms with E-state index in [1.54, 1.807) is 0 Å². The maximum absolute atomic E-state index is 6.00. The van der Waals surface area contributed by atoms with Gasteiger partial charge in [0.05, 0.1) is 0 Å². The Labute approximate surface area is 448 Å². The van der Waals surface area contributed by atoms with Crippen molar-refractivity contribution in [3.05, 3.63) is 197 Å². The molecule has 0 fully saturated rings. The monoisotopic (exact) mass is 1010 g/mol. The van der Waals surface area contributed by atoms with E-state index in [4.69, 9.17) is 50.0 Å². The van der Waals surface area contributed by atoms with Gasteiger partial charge < -0.3 is 34.4 Å². The molecule has 19 N–H and O–H groups in total. The van der Waals surface area contributed by atoms with Gasteiger partial charge in [-0.05, 0) is 308 Å². The summed E-state index contributed by atoms with van der Waals surface area (Å²) in [6.45, 7) is 32.9. The van der Waals surface area contributed by atoms with E-state index in [0.29, 0.717) is 0 Å². The van der Waals surface area contributed by atoms with Crippen LogP contribution in [0.5, 0.6) is 0 Å². The van der Waals surface area contributed by atoms with E-state index in [1.807, 2.05) is 83.1 Å². The Morgan fingerprint density at radius 3 is 0.573 bits per heavy atom. The van der Waals surface area contributed by atoms with Gasteiger partial charge in [-0.25, -0.2) is 0 Å². The summed E-state index contributed by atoms with van der Waals surface area (Å²) in [7, 11) is 0. The molecule has 6 aromatic carbocycles. The molecule has 396 valence electrons. The van der Waals surface area contributed by atoms with Gasteiger partial charge in [-0.2, -0.15) is 0 Å². The zero-order valence-corrected chi connectivity index (χ0v) is 46.9. The zero-order chi connectivity index (χ0) is 55.8. The number of aryl methyl sites for hydroxylation is 12. The fourth-order valence-electron chi connectivity index (χ4n) is 9.15. The zero-order valence-electron chi connectivity index (χ0n) is 46.9. The summed E-state index contributed by atoms with van der Waals surface area (Å²) in [6, 6.07) is 25.7. The molecule has 10 heteroatoms. The highest BCUT2D eigenvalue weighted by molar-refractivity contribution is 6.11. The SMILES string of the molecule is C.CC1=CC(=C2C=C(C)C(=[NH2+])C(C)=C2)C=C(C)C1=[NH2+].Cc1cc(-c2cc(C)c(N)c(C)c2)cc(C)c1N.Cc1cc(-c2cc(C)c(N)c(C)c2)cc(C)c1N.Cc1cc(-c2cc(C)c([NH3+])c(C)c2)cc(C)c1N.OO. The van der Waals surface area contributed by atoms with E-state index in [2.05, 4.69) is 131 Å². The third-order valence-corrected chi connectivity index (χ3v) is 14.2. The smallest absolute Gasteiger partial charge is 0.202 e. The number of benzene rings is 6. The van der Waals surface area contributed by atoms with Crippen LogP contribution in [0.2, 0.25) is 0 Å². The third kappa shape index (κ3) is 14.7. The van der Waals surface area contributed by atoms with Crippen molar-refractivity contribution >= 4 is 45.5 Å². The molecule has 0 radical (unpaired) electrons. The standard InChI is InChI=1S/3C16H20N2.C16H18N2.CH4.H2O2/c4*1-9-5-13(6-10(2)15(9)17)14-7-11(3)16(18)12(4)8-14;;1-2/h3*5-8H,17-18H2,1-4H3;5-8,17-18H,1-4H3;1H4;1-2H/p+3. The van der Waals surface area contributed by atoms with Crippen LogP contribution in [-0.4, -0.2) is 21.9 Å². The van der Waals surface area contributed by atoms with E-state index < -0.39 is 0 Å². The van der Waals surface area contributed by atoms with Crippen LogP contribution in [0.1, 0.15) is 102 Å². The van der Waals surface area contributed by atoms with Crippen LogP contribution in [0.25, 0.3) is 33.4 Å². The summed E-state index contributed by atoms with van der Waals surface area (Å²) in [5.41, 5.74) is 69.2. The Bertz CT molecular complexity index is 2670. The number of hydrogen-bond acceptors (Lipinski definition) is 7. The molecule has 2 aliphatic rings. The number of rotatable bonds is 3. The summed E-state index contributed by atoms with van der Waals surface area (Å²) in [6.07, 6.45) is 8.53. The van der Waals surface area contributed by atoms with Gasteiger partial charge in [-0.1, -0.05) is 7.43 Å². The minimum atomic E-state index is 0. The Kier molecular flexibility index (Phi) is 21.3. The summed E-state index contributed by atoms with van der Waals surface area (Å²) in [5.74, 6) is 0. The highest BCUT2D eigenvalue weighted by atomic mass is 17.0. The molecule has 0 saturated carbocycles. The van der Waals surface area contributed by atoms with Gasteiger partial charge in [0, 0.05) is 61.9 Å². The average molecular weight is 1010 g/mol. The fraction of sp³-hybridized carbons (Fsp3) is 0.262. The lowest BCUT2D eigenvalue weighted by atomic mass is 9.88. The topological polar surface area (TPSA) is 249 Å². The molecule has 0 heterocycles. The lowest BCUT2D eigenvalue weighted by molar-refractivity contribution is -0.256. The first kappa shape index (κ1) is 61.5. The van der Waals surface area contributed by atoms with Crippen molar-refractivity contribution in [2.24, 2.45) is 0 Å². The number of anilines is 5. The van der Waals surface area contributed by atoms with Crippen LogP contribution < -0.4 is 45.2 Å². The van der Waals surface area contributed by atoms with E-state index in [-0.39, 0.29) is 7.43 Å². The largest absolute Gasteiger partial charge is 0.398 e. The Morgan fingerprint density at radius 1 is 0.293 bits per heavy atom. The number of nitrogen functional groups attached to an aromatic ring is 5. The van der Waals surface area contributed by atoms with Gasteiger partial charge in [0.25, 0.3) is 0 Å². The normalized spacial score (nSPS) is 12.7. The van der Waals surface area contributed by atoms with E-state index >= 15 is 0 Å². The van der Waals surface area contributed by atoms with Crippen molar-refractivity contribution in [1.82, 2.24) is 0 Å². The van der Waals surface area contributed by atoms with Crippen LogP contribution in [0.3, 0.4) is 0 Å². The Balaban J connectivity index is 0.000000259. The maximum atomic E-state index is 6.00. The average Bonchev–Trinajstić information content (AvgIpc) is 3.35. The first-order chi connectivity index (χ1) is 34.6. The summed E-state index contributed by atoms with van der Waals surface area (Å²) in [5, 5.41) is 24.0. The van der Waals surface area contributed by atoms with Crippen molar-refractivity contribution < 1.29 is 27.1 Å². The van der Waals surface area contributed by atoms with Crippen molar-refractivity contribution in [3.8, 4) is 33.4 Å². The second-order valence-corrected chi connectivity index (χ2v) is 20.3. The molecular formula is C65H87N8O2+3. The van der Waals surface area contributed by atoms with Crippen LogP contribution in [0.4, 0.5) is 34.1 Å². The molecule has 6 aromatic rings. The van der Waals surface area contributed by atoms with E-state index in [0.717, 1.165) is 123 Å². The molecule has 8 rings (SSSR count). The highest BCUT2D eigenvalue weighted by Crippen LogP contribution is 2.34. The van der Waals surface area contributed by atoms with Crippen LogP contribution in [0.15, 0.2) is 131 Å². The van der Waals surface area contributed by atoms with Crippen molar-refractivity contribution in [1.29, 1.82) is 0 Å². The molecular weight excluding hydrogens is 925 g/mol. The summed E-state index contributed by atoms with van der Waals surface area (Å²) >= 11 is 0. The molecule has 0 unspecified atom stereocenters. The van der Waals surface area contributed by atoms with Crippen LogP contribution in [0, 0.1) is 83.1 Å². The van der Waals surface area contributed by atoms with Gasteiger partial charge in [-0.15, -0.1) is 0 Å². The van der Waals surface area contributed by atoms with Crippen molar-refractivity contribution in [3.63, 3.8) is 0 Å². The van der Waals surface area contributed by atoms with E-state index in [1.165, 1.54) is 55.7 Å². The lowest BCUT2D eigenvalue weighted by Gasteiger charge is -2.14. The first-order valence-corrected chi connectivity index (χ1v) is 24.8.